The molecule has 3 aromatic rings. The monoisotopic (exact) mass is 497 g/mol. The van der Waals surface area contributed by atoms with Crippen LogP contribution in [-0.2, 0) is 9.84 Å². The average molecular weight is 498 g/mol. The molecule has 0 radical (unpaired) electrons. The van der Waals surface area contributed by atoms with E-state index < -0.39 is 28.5 Å². The zero-order chi connectivity index (χ0) is 24.7. The number of pyridine rings is 1. The zero-order valence-corrected chi connectivity index (χ0v) is 19.6. The Morgan fingerprint density at radius 1 is 1.18 bits per heavy atom. The molecule has 1 saturated carbocycles. The molecule has 3 heterocycles. The number of hydrogen-bond acceptors (Lipinski definition) is 7. The van der Waals surface area contributed by atoms with E-state index in [2.05, 4.69) is 20.4 Å². The number of fused-ring (bicyclic) bond motifs is 1. The summed E-state index contributed by atoms with van der Waals surface area (Å²) in [5.74, 6) is 0.178. The minimum Gasteiger partial charge on any atom is -0.393 e. The summed E-state index contributed by atoms with van der Waals surface area (Å²) in [6.45, 7) is 1.42. The van der Waals surface area contributed by atoms with Crippen molar-refractivity contribution in [3.63, 3.8) is 0 Å². The molecule has 34 heavy (non-hydrogen) atoms. The molecule has 0 aliphatic heterocycles. The summed E-state index contributed by atoms with van der Waals surface area (Å²) >= 11 is 0. The molecular formula is C22H26F3N5O3S. The van der Waals surface area contributed by atoms with Crippen molar-refractivity contribution < 1.29 is 26.7 Å². The van der Waals surface area contributed by atoms with E-state index >= 15 is 0 Å². The molecule has 0 saturated heterocycles. The minimum absolute atomic E-state index is 0.0392. The molecule has 12 heteroatoms. The highest BCUT2D eigenvalue weighted by Gasteiger charge is 2.30. The lowest BCUT2D eigenvalue weighted by Crippen LogP contribution is -2.25. The Morgan fingerprint density at radius 2 is 1.88 bits per heavy atom. The predicted octanol–water partition coefficient (Wildman–Crippen LogP) is 3.97. The van der Waals surface area contributed by atoms with Crippen LogP contribution in [0.5, 0.6) is 0 Å². The topological polar surface area (TPSA) is 109 Å². The van der Waals surface area contributed by atoms with E-state index in [0.29, 0.717) is 23.9 Å². The smallest absolute Gasteiger partial charge is 0.391 e. The third-order valence-corrected chi connectivity index (χ3v) is 7.00. The van der Waals surface area contributed by atoms with Gasteiger partial charge in [-0.3, -0.25) is 0 Å². The first-order chi connectivity index (χ1) is 15.9. The number of sulfone groups is 1. The first-order valence-corrected chi connectivity index (χ1v) is 12.9. The van der Waals surface area contributed by atoms with Gasteiger partial charge in [-0.05, 0) is 50.8 Å². The maximum atomic E-state index is 12.7. The second-order valence-corrected chi connectivity index (χ2v) is 10.9. The SMILES string of the molecule is C[C@@H](CC(F)(F)F)Nc1ncc2c(-c3ccc(S(C)(=O)=O)nc3)cc([C@H]3CC[C@H](O)CC3)n2n1. The van der Waals surface area contributed by atoms with Crippen molar-refractivity contribution in [2.45, 2.75) is 68.3 Å². The van der Waals surface area contributed by atoms with E-state index in [9.17, 15) is 26.7 Å². The standard InChI is InChI=1S/C22H26F3N5O3S/c1-13(10-22(23,24)25)28-21-27-12-19-17(15-5-8-20(26-11-15)34(2,32)33)9-18(30(19)29-21)14-3-6-16(31)7-4-14/h5,8-9,11-14,16,31H,3-4,6-7,10H2,1-2H3,(H,28,29)/t13-,14-,16-/m0/s1. The molecule has 1 aliphatic carbocycles. The highest BCUT2D eigenvalue weighted by atomic mass is 32.2. The molecule has 1 aliphatic rings. The third-order valence-electron chi connectivity index (χ3n) is 6.00. The molecule has 8 nitrogen and oxygen atoms in total. The van der Waals surface area contributed by atoms with Gasteiger partial charge in [0.1, 0.15) is 0 Å². The van der Waals surface area contributed by atoms with Crippen molar-refractivity contribution in [3.05, 3.63) is 36.3 Å². The quantitative estimate of drug-likeness (QED) is 0.530. The van der Waals surface area contributed by atoms with Gasteiger partial charge in [-0.2, -0.15) is 13.2 Å². The molecule has 0 unspecified atom stereocenters. The Morgan fingerprint density at radius 3 is 2.47 bits per heavy atom. The van der Waals surface area contributed by atoms with Crippen LogP contribution in [0, 0.1) is 0 Å². The Bertz CT molecular complexity index is 1270. The first-order valence-electron chi connectivity index (χ1n) is 11.0. The molecule has 2 N–H and O–H groups in total. The second kappa shape index (κ2) is 9.14. The van der Waals surface area contributed by atoms with Crippen LogP contribution in [0.1, 0.15) is 50.6 Å². The highest BCUT2D eigenvalue weighted by Crippen LogP contribution is 2.37. The van der Waals surface area contributed by atoms with Crippen LogP contribution in [-0.4, -0.2) is 57.7 Å². The van der Waals surface area contributed by atoms with Gasteiger partial charge >= 0.3 is 6.18 Å². The lowest BCUT2D eigenvalue weighted by molar-refractivity contribution is -0.136. The molecule has 1 fully saturated rings. The van der Waals surface area contributed by atoms with Gasteiger partial charge in [0, 0.05) is 41.2 Å². The maximum Gasteiger partial charge on any atom is 0.391 e. The van der Waals surface area contributed by atoms with Crippen molar-refractivity contribution in [1.82, 2.24) is 19.6 Å². The van der Waals surface area contributed by atoms with Gasteiger partial charge < -0.3 is 10.4 Å². The van der Waals surface area contributed by atoms with E-state index in [1.807, 2.05) is 6.07 Å². The molecule has 0 bridgehead atoms. The zero-order valence-electron chi connectivity index (χ0n) is 18.7. The first kappa shape index (κ1) is 24.4. The fourth-order valence-corrected chi connectivity index (χ4v) is 4.91. The summed E-state index contributed by atoms with van der Waals surface area (Å²) in [5, 5.41) is 17.1. The van der Waals surface area contributed by atoms with Crippen LogP contribution in [0.15, 0.2) is 35.6 Å². The van der Waals surface area contributed by atoms with Crippen molar-refractivity contribution in [2.24, 2.45) is 0 Å². The van der Waals surface area contributed by atoms with E-state index in [-0.39, 0.29) is 23.0 Å². The van der Waals surface area contributed by atoms with Gasteiger partial charge in [-0.1, -0.05) is 0 Å². The van der Waals surface area contributed by atoms with E-state index in [1.54, 1.807) is 10.6 Å². The van der Waals surface area contributed by atoms with Gasteiger partial charge in [0.05, 0.1) is 24.2 Å². The summed E-state index contributed by atoms with van der Waals surface area (Å²) in [6, 6.07) is 4.12. The summed E-state index contributed by atoms with van der Waals surface area (Å²) < 4.78 is 63.4. The lowest BCUT2D eigenvalue weighted by Gasteiger charge is -2.25. The number of alkyl halides is 3. The minimum atomic E-state index is -4.31. The fourth-order valence-electron chi connectivity index (χ4n) is 4.35. The third kappa shape index (κ3) is 5.49. The fraction of sp³-hybridized carbons (Fsp3) is 0.500. The summed E-state index contributed by atoms with van der Waals surface area (Å²) in [4.78, 5) is 8.29. The molecule has 0 amide bonds. The Balaban J connectivity index is 1.74. The highest BCUT2D eigenvalue weighted by molar-refractivity contribution is 7.90. The van der Waals surface area contributed by atoms with Crippen LogP contribution >= 0.6 is 0 Å². The molecule has 3 aromatic heterocycles. The van der Waals surface area contributed by atoms with Crippen LogP contribution < -0.4 is 5.32 Å². The normalized spacial score (nSPS) is 20.4. The lowest BCUT2D eigenvalue weighted by atomic mass is 9.85. The Kier molecular flexibility index (Phi) is 6.56. The summed E-state index contributed by atoms with van der Waals surface area (Å²) in [5.41, 5.74) is 2.90. The van der Waals surface area contributed by atoms with Crippen molar-refractivity contribution in [1.29, 1.82) is 0 Å². The molecule has 0 spiro atoms. The number of rotatable bonds is 6. The van der Waals surface area contributed by atoms with Crippen LogP contribution in [0.2, 0.25) is 0 Å². The molecular weight excluding hydrogens is 471 g/mol. The van der Waals surface area contributed by atoms with Crippen LogP contribution in [0.3, 0.4) is 0 Å². The van der Waals surface area contributed by atoms with Crippen molar-refractivity contribution in [2.75, 3.05) is 11.6 Å². The van der Waals surface area contributed by atoms with Gasteiger partial charge in [0.15, 0.2) is 14.9 Å². The van der Waals surface area contributed by atoms with E-state index in [4.69, 9.17) is 0 Å². The van der Waals surface area contributed by atoms with Crippen molar-refractivity contribution in [3.8, 4) is 11.1 Å². The van der Waals surface area contributed by atoms with Crippen LogP contribution in [0.4, 0.5) is 19.1 Å². The number of aliphatic hydroxyl groups excluding tert-OH is 1. The average Bonchev–Trinajstić information content (AvgIpc) is 3.11. The number of nitrogens with zero attached hydrogens (tertiary/aromatic N) is 4. The maximum absolute atomic E-state index is 12.7. The van der Waals surface area contributed by atoms with E-state index in [1.165, 1.54) is 25.4 Å². The molecule has 4 rings (SSSR count). The van der Waals surface area contributed by atoms with Crippen molar-refractivity contribution >= 4 is 21.3 Å². The van der Waals surface area contributed by atoms with Gasteiger partial charge in [0.25, 0.3) is 0 Å². The largest absolute Gasteiger partial charge is 0.393 e. The Labute approximate surface area is 195 Å². The molecule has 0 aromatic carbocycles. The number of nitrogens with one attached hydrogen (secondary N) is 1. The number of anilines is 1. The summed E-state index contributed by atoms with van der Waals surface area (Å²) in [6.07, 6.45) is 1.21. The number of halogens is 3. The summed E-state index contributed by atoms with van der Waals surface area (Å²) in [7, 11) is -3.44. The number of aromatic nitrogens is 4. The van der Waals surface area contributed by atoms with Gasteiger partial charge in [-0.15, -0.1) is 5.10 Å². The second-order valence-electron chi connectivity index (χ2n) is 8.89. The van der Waals surface area contributed by atoms with Gasteiger partial charge in [-0.25, -0.2) is 22.9 Å². The predicted molar refractivity (Wildman–Crippen MR) is 120 cm³/mol. The number of hydrogen-bond donors (Lipinski definition) is 2. The molecule has 1 atom stereocenters. The van der Waals surface area contributed by atoms with E-state index in [0.717, 1.165) is 30.4 Å². The van der Waals surface area contributed by atoms with Gasteiger partial charge in [0.2, 0.25) is 5.95 Å². The molecule has 184 valence electrons. The van der Waals surface area contributed by atoms with Crippen LogP contribution in [0.25, 0.3) is 16.6 Å². The number of aliphatic hydroxyl groups is 1. The Hall–Kier alpha value is -2.73.